The van der Waals surface area contributed by atoms with Crippen LogP contribution in [0, 0.1) is 13.8 Å². The Labute approximate surface area is 128 Å². The number of nitrogens with two attached hydrogens (primary N) is 1. The highest BCUT2D eigenvalue weighted by atomic mass is 15.2. The Balaban J connectivity index is 2.60. The standard InChI is InChI=1S/C19H26N2/c1-13-10-11-14(2)16(12-13)18(21-20)15-8-6-7-9-17(15)19(3,4)5/h6-12,18,21H,20H2,1-5H3. The van der Waals surface area contributed by atoms with Gasteiger partial charge in [-0.15, -0.1) is 0 Å². The average Bonchev–Trinajstić information content (AvgIpc) is 2.43. The number of hydrazine groups is 1. The molecule has 1 unspecified atom stereocenters. The van der Waals surface area contributed by atoms with Crippen LogP contribution >= 0.6 is 0 Å². The van der Waals surface area contributed by atoms with E-state index in [0.717, 1.165) is 0 Å². The van der Waals surface area contributed by atoms with Crippen LogP contribution in [0.3, 0.4) is 0 Å². The zero-order valence-corrected chi connectivity index (χ0v) is 13.7. The summed E-state index contributed by atoms with van der Waals surface area (Å²) in [6.45, 7) is 11.0. The van der Waals surface area contributed by atoms with E-state index in [1.165, 1.54) is 27.8 Å². The molecule has 0 amide bonds. The first kappa shape index (κ1) is 15.7. The van der Waals surface area contributed by atoms with Gasteiger partial charge in [0.15, 0.2) is 0 Å². The van der Waals surface area contributed by atoms with Crippen LogP contribution in [0.5, 0.6) is 0 Å². The van der Waals surface area contributed by atoms with E-state index in [-0.39, 0.29) is 11.5 Å². The predicted molar refractivity (Wildman–Crippen MR) is 90.2 cm³/mol. The molecule has 2 aromatic rings. The van der Waals surface area contributed by atoms with Gasteiger partial charge in [0, 0.05) is 0 Å². The second-order valence-electron chi connectivity index (χ2n) is 6.80. The van der Waals surface area contributed by atoms with Gasteiger partial charge >= 0.3 is 0 Å². The van der Waals surface area contributed by atoms with Crippen LogP contribution in [0.4, 0.5) is 0 Å². The Bertz CT molecular complexity index is 624. The molecule has 2 heteroatoms. The molecule has 0 fully saturated rings. The van der Waals surface area contributed by atoms with E-state index >= 15 is 0 Å². The molecule has 0 spiro atoms. The highest BCUT2D eigenvalue weighted by Crippen LogP contribution is 2.33. The lowest BCUT2D eigenvalue weighted by Crippen LogP contribution is -2.31. The van der Waals surface area contributed by atoms with Crippen molar-refractivity contribution < 1.29 is 0 Å². The van der Waals surface area contributed by atoms with Gasteiger partial charge in [0.1, 0.15) is 0 Å². The number of benzene rings is 2. The minimum Gasteiger partial charge on any atom is -0.271 e. The van der Waals surface area contributed by atoms with E-state index < -0.39 is 0 Å². The van der Waals surface area contributed by atoms with Gasteiger partial charge < -0.3 is 0 Å². The third-order valence-corrected chi connectivity index (χ3v) is 3.99. The predicted octanol–water partition coefficient (Wildman–Crippen LogP) is 4.15. The third kappa shape index (κ3) is 3.34. The molecule has 0 aliphatic carbocycles. The second kappa shape index (κ2) is 6.00. The normalized spacial score (nSPS) is 13.2. The summed E-state index contributed by atoms with van der Waals surface area (Å²) < 4.78 is 0. The van der Waals surface area contributed by atoms with E-state index in [1.54, 1.807) is 0 Å². The average molecular weight is 282 g/mol. The van der Waals surface area contributed by atoms with Crippen LogP contribution < -0.4 is 11.3 Å². The molecule has 112 valence electrons. The van der Waals surface area contributed by atoms with Gasteiger partial charge in [-0.2, -0.15) is 0 Å². The van der Waals surface area contributed by atoms with Gasteiger partial charge in [-0.05, 0) is 41.5 Å². The zero-order valence-electron chi connectivity index (χ0n) is 13.7. The fourth-order valence-electron chi connectivity index (χ4n) is 2.85. The molecule has 2 rings (SSSR count). The van der Waals surface area contributed by atoms with Crippen molar-refractivity contribution in [3.05, 3.63) is 70.3 Å². The number of hydrogen-bond acceptors (Lipinski definition) is 2. The minimum absolute atomic E-state index is 0.0142. The molecule has 21 heavy (non-hydrogen) atoms. The van der Waals surface area contributed by atoms with Crippen LogP contribution in [-0.2, 0) is 5.41 Å². The molecular weight excluding hydrogens is 256 g/mol. The molecule has 1 atom stereocenters. The number of hydrogen-bond donors (Lipinski definition) is 2. The molecule has 0 aliphatic heterocycles. The van der Waals surface area contributed by atoms with Crippen molar-refractivity contribution in [3.8, 4) is 0 Å². The molecule has 0 aromatic heterocycles. The smallest absolute Gasteiger partial charge is 0.0715 e. The lowest BCUT2D eigenvalue weighted by atomic mass is 9.80. The van der Waals surface area contributed by atoms with Crippen molar-refractivity contribution in [3.63, 3.8) is 0 Å². The van der Waals surface area contributed by atoms with E-state index in [4.69, 9.17) is 5.84 Å². The second-order valence-corrected chi connectivity index (χ2v) is 6.80. The lowest BCUT2D eigenvalue weighted by molar-refractivity contribution is 0.557. The Morgan fingerprint density at radius 1 is 0.952 bits per heavy atom. The van der Waals surface area contributed by atoms with Crippen LogP contribution in [0.2, 0.25) is 0 Å². The minimum atomic E-state index is 0.0142. The fourth-order valence-corrected chi connectivity index (χ4v) is 2.85. The van der Waals surface area contributed by atoms with Crippen molar-refractivity contribution in [1.82, 2.24) is 5.43 Å². The van der Waals surface area contributed by atoms with Gasteiger partial charge in [-0.3, -0.25) is 5.84 Å². The fraction of sp³-hybridized carbons (Fsp3) is 0.368. The lowest BCUT2D eigenvalue weighted by Gasteiger charge is -2.28. The van der Waals surface area contributed by atoms with Crippen LogP contribution in [0.1, 0.15) is 54.6 Å². The summed E-state index contributed by atoms with van der Waals surface area (Å²) in [7, 11) is 0. The summed E-state index contributed by atoms with van der Waals surface area (Å²) in [5.74, 6) is 5.92. The first-order valence-electron chi connectivity index (χ1n) is 7.47. The van der Waals surface area contributed by atoms with Crippen molar-refractivity contribution in [1.29, 1.82) is 0 Å². The summed E-state index contributed by atoms with van der Waals surface area (Å²) in [4.78, 5) is 0. The molecule has 0 radical (unpaired) electrons. The molecule has 2 aromatic carbocycles. The SMILES string of the molecule is Cc1ccc(C)c(C(NN)c2ccccc2C(C)(C)C)c1. The maximum atomic E-state index is 5.92. The van der Waals surface area contributed by atoms with Crippen LogP contribution in [0.15, 0.2) is 42.5 Å². The molecular formula is C19H26N2. The van der Waals surface area contributed by atoms with Crippen LogP contribution in [-0.4, -0.2) is 0 Å². The van der Waals surface area contributed by atoms with E-state index in [0.29, 0.717) is 0 Å². The molecule has 0 heterocycles. The molecule has 0 saturated carbocycles. The summed E-state index contributed by atoms with van der Waals surface area (Å²) in [5.41, 5.74) is 9.44. The van der Waals surface area contributed by atoms with Crippen LogP contribution in [0.25, 0.3) is 0 Å². The van der Waals surface area contributed by atoms with Gasteiger partial charge in [-0.25, -0.2) is 5.43 Å². The monoisotopic (exact) mass is 282 g/mol. The Morgan fingerprint density at radius 2 is 1.62 bits per heavy atom. The molecule has 0 aliphatic rings. The molecule has 0 bridgehead atoms. The summed E-state index contributed by atoms with van der Waals surface area (Å²) in [5, 5.41) is 0. The maximum Gasteiger partial charge on any atom is 0.0715 e. The zero-order chi connectivity index (χ0) is 15.6. The highest BCUT2D eigenvalue weighted by Gasteiger charge is 2.23. The number of nitrogens with one attached hydrogen (secondary N) is 1. The quantitative estimate of drug-likeness (QED) is 0.655. The Kier molecular flexibility index (Phi) is 4.50. The molecule has 0 saturated heterocycles. The summed E-state index contributed by atoms with van der Waals surface area (Å²) >= 11 is 0. The summed E-state index contributed by atoms with van der Waals surface area (Å²) in [6.07, 6.45) is 0. The largest absolute Gasteiger partial charge is 0.271 e. The van der Waals surface area contributed by atoms with E-state index in [2.05, 4.69) is 82.5 Å². The third-order valence-electron chi connectivity index (χ3n) is 3.99. The van der Waals surface area contributed by atoms with E-state index in [1.807, 2.05) is 0 Å². The van der Waals surface area contributed by atoms with Gasteiger partial charge in [-0.1, -0.05) is 68.8 Å². The number of rotatable bonds is 3. The Morgan fingerprint density at radius 3 is 2.24 bits per heavy atom. The van der Waals surface area contributed by atoms with Gasteiger partial charge in [0.05, 0.1) is 6.04 Å². The van der Waals surface area contributed by atoms with Gasteiger partial charge in [0.2, 0.25) is 0 Å². The first-order valence-corrected chi connectivity index (χ1v) is 7.47. The first-order chi connectivity index (χ1) is 9.84. The Hall–Kier alpha value is -1.64. The molecule has 2 nitrogen and oxygen atoms in total. The maximum absolute atomic E-state index is 5.92. The van der Waals surface area contributed by atoms with Gasteiger partial charge in [0.25, 0.3) is 0 Å². The summed E-state index contributed by atoms with van der Waals surface area (Å²) in [6, 6.07) is 15.1. The topological polar surface area (TPSA) is 38.0 Å². The molecule has 3 N–H and O–H groups in total. The number of aryl methyl sites for hydroxylation is 2. The van der Waals surface area contributed by atoms with Crippen molar-refractivity contribution in [2.24, 2.45) is 5.84 Å². The van der Waals surface area contributed by atoms with Crippen molar-refractivity contribution in [2.75, 3.05) is 0 Å². The van der Waals surface area contributed by atoms with Crippen molar-refractivity contribution >= 4 is 0 Å². The highest BCUT2D eigenvalue weighted by molar-refractivity contribution is 5.44. The van der Waals surface area contributed by atoms with Crippen molar-refractivity contribution in [2.45, 2.75) is 46.1 Å². The van der Waals surface area contributed by atoms with E-state index in [9.17, 15) is 0 Å².